The second-order valence-corrected chi connectivity index (χ2v) is 3.87. The molecule has 7 heteroatoms. The van der Waals surface area contributed by atoms with Gasteiger partial charge in [-0.05, 0) is 29.3 Å². The summed E-state index contributed by atoms with van der Waals surface area (Å²) < 4.78 is 40.2. The van der Waals surface area contributed by atoms with Crippen molar-refractivity contribution in [1.82, 2.24) is 4.98 Å². The van der Waals surface area contributed by atoms with Crippen molar-refractivity contribution in [3.8, 4) is 16.9 Å². The summed E-state index contributed by atoms with van der Waals surface area (Å²) in [6.07, 6.45) is -3.10. The second-order valence-electron chi connectivity index (χ2n) is 3.87. The first-order valence-electron chi connectivity index (χ1n) is 5.43. The number of pyridine rings is 1. The van der Waals surface area contributed by atoms with Crippen LogP contribution in [0, 0.1) is 0 Å². The van der Waals surface area contributed by atoms with Crippen molar-refractivity contribution >= 4 is 6.29 Å². The number of hydrogen-bond donors (Lipinski definition) is 1. The molecule has 0 spiro atoms. The molecule has 0 bridgehead atoms. The molecule has 0 saturated carbocycles. The van der Waals surface area contributed by atoms with Crippen LogP contribution in [0.4, 0.5) is 13.2 Å². The highest BCUT2D eigenvalue weighted by atomic mass is 19.4. The second kappa shape index (κ2) is 5.20. The summed E-state index contributed by atoms with van der Waals surface area (Å²) >= 11 is 0. The molecule has 20 heavy (non-hydrogen) atoms. The molecule has 2 rings (SSSR count). The summed E-state index contributed by atoms with van der Waals surface area (Å²) in [6.45, 7) is 0. The number of rotatable bonds is 3. The van der Waals surface area contributed by atoms with Crippen LogP contribution in [0.3, 0.4) is 0 Å². The maximum Gasteiger partial charge on any atom is 0.573 e. The van der Waals surface area contributed by atoms with E-state index in [4.69, 9.17) is 0 Å². The third-order valence-electron chi connectivity index (χ3n) is 2.46. The minimum atomic E-state index is -4.78. The Morgan fingerprint density at radius 3 is 2.55 bits per heavy atom. The molecule has 0 aliphatic heterocycles. The van der Waals surface area contributed by atoms with Gasteiger partial charge in [0.05, 0.1) is 5.56 Å². The molecule has 1 heterocycles. The maximum absolute atomic E-state index is 12.1. The maximum atomic E-state index is 12.1. The number of aromatic amines is 1. The van der Waals surface area contributed by atoms with Crippen LogP contribution in [0.15, 0.2) is 41.3 Å². The number of aromatic nitrogens is 1. The quantitative estimate of drug-likeness (QED) is 0.881. The number of hydrogen-bond acceptors (Lipinski definition) is 3. The predicted octanol–water partition coefficient (Wildman–Crippen LogP) is 2.75. The van der Waals surface area contributed by atoms with E-state index in [2.05, 4.69) is 9.72 Å². The molecule has 0 aliphatic carbocycles. The first-order valence-corrected chi connectivity index (χ1v) is 5.43. The molecule has 0 saturated heterocycles. The number of H-pyrrole nitrogens is 1. The van der Waals surface area contributed by atoms with E-state index in [-0.39, 0.29) is 11.3 Å². The lowest BCUT2D eigenvalue weighted by atomic mass is 10.1. The smallest absolute Gasteiger partial charge is 0.406 e. The fourth-order valence-corrected chi connectivity index (χ4v) is 1.63. The molecule has 0 unspecified atom stereocenters. The lowest BCUT2D eigenvalue weighted by Crippen LogP contribution is -2.17. The Bertz CT molecular complexity index is 692. The summed E-state index contributed by atoms with van der Waals surface area (Å²) in [5.41, 5.74) is 0.113. The van der Waals surface area contributed by atoms with Gasteiger partial charge in [-0.1, -0.05) is 12.1 Å². The van der Waals surface area contributed by atoms with Gasteiger partial charge in [-0.2, -0.15) is 0 Å². The minimum absolute atomic E-state index is 0.107. The van der Waals surface area contributed by atoms with Crippen LogP contribution >= 0.6 is 0 Å². The van der Waals surface area contributed by atoms with Gasteiger partial charge < -0.3 is 9.72 Å². The van der Waals surface area contributed by atoms with E-state index in [0.717, 1.165) is 12.1 Å². The Morgan fingerprint density at radius 2 is 1.90 bits per heavy atom. The SMILES string of the molecule is O=Cc1cc(-c2cccc(OC(F)(F)F)c2)c[nH]c1=O. The minimum Gasteiger partial charge on any atom is -0.406 e. The summed E-state index contributed by atoms with van der Waals surface area (Å²) in [4.78, 5) is 24.2. The van der Waals surface area contributed by atoms with E-state index in [1.165, 1.54) is 24.4 Å². The standard InChI is InChI=1S/C13H8F3NO3/c14-13(15,16)20-11-3-1-2-8(5-11)9-4-10(7-18)12(19)17-6-9/h1-7H,(H,17,19). The fourth-order valence-electron chi connectivity index (χ4n) is 1.63. The Morgan fingerprint density at radius 1 is 1.15 bits per heavy atom. The molecule has 0 radical (unpaired) electrons. The number of ether oxygens (including phenoxy) is 1. The Labute approximate surface area is 110 Å². The van der Waals surface area contributed by atoms with Crippen LogP contribution < -0.4 is 10.3 Å². The van der Waals surface area contributed by atoms with Gasteiger partial charge in [0.1, 0.15) is 5.75 Å². The van der Waals surface area contributed by atoms with Crippen molar-refractivity contribution in [1.29, 1.82) is 0 Å². The van der Waals surface area contributed by atoms with Crippen LogP contribution in [0.2, 0.25) is 0 Å². The van der Waals surface area contributed by atoms with Gasteiger partial charge in [0.25, 0.3) is 5.56 Å². The fraction of sp³-hybridized carbons (Fsp3) is 0.0769. The molecule has 0 atom stereocenters. The molecule has 104 valence electrons. The largest absolute Gasteiger partial charge is 0.573 e. The third-order valence-corrected chi connectivity index (χ3v) is 2.46. The van der Waals surface area contributed by atoms with Crippen LogP contribution in [0.5, 0.6) is 5.75 Å². The number of carbonyl (C=O) groups excluding carboxylic acids is 1. The summed E-state index contributed by atoms with van der Waals surface area (Å²) in [7, 11) is 0. The monoisotopic (exact) mass is 283 g/mol. The zero-order valence-electron chi connectivity index (χ0n) is 9.90. The van der Waals surface area contributed by atoms with Crippen LogP contribution in [-0.4, -0.2) is 17.6 Å². The van der Waals surface area contributed by atoms with Crippen molar-refractivity contribution < 1.29 is 22.7 Å². The zero-order chi connectivity index (χ0) is 14.8. The average molecular weight is 283 g/mol. The van der Waals surface area contributed by atoms with Crippen LogP contribution in [0.25, 0.3) is 11.1 Å². The molecule has 2 aromatic rings. The molecular weight excluding hydrogens is 275 g/mol. The molecule has 1 N–H and O–H groups in total. The first kappa shape index (κ1) is 13.9. The van der Waals surface area contributed by atoms with Crippen LogP contribution in [-0.2, 0) is 0 Å². The van der Waals surface area contributed by atoms with Gasteiger partial charge in [0, 0.05) is 6.20 Å². The molecule has 4 nitrogen and oxygen atoms in total. The summed E-state index contributed by atoms with van der Waals surface area (Å²) in [5, 5.41) is 0. The van der Waals surface area contributed by atoms with E-state index in [1.54, 1.807) is 0 Å². The average Bonchev–Trinajstić information content (AvgIpc) is 2.37. The lowest BCUT2D eigenvalue weighted by molar-refractivity contribution is -0.274. The van der Waals surface area contributed by atoms with E-state index in [0.29, 0.717) is 17.4 Å². The Hall–Kier alpha value is -2.57. The number of nitrogens with one attached hydrogen (secondary N) is 1. The van der Waals surface area contributed by atoms with Crippen molar-refractivity contribution in [2.24, 2.45) is 0 Å². The van der Waals surface area contributed by atoms with E-state index in [9.17, 15) is 22.8 Å². The number of alkyl halides is 3. The highest BCUT2D eigenvalue weighted by Crippen LogP contribution is 2.27. The van der Waals surface area contributed by atoms with Gasteiger partial charge in [-0.25, -0.2) is 0 Å². The van der Waals surface area contributed by atoms with Crippen molar-refractivity contribution in [2.45, 2.75) is 6.36 Å². The lowest BCUT2D eigenvalue weighted by Gasteiger charge is -2.10. The van der Waals surface area contributed by atoms with Crippen molar-refractivity contribution in [3.05, 3.63) is 52.4 Å². The predicted molar refractivity (Wildman–Crippen MR) is 64.6 cm³/mol. The number of benzene rings is 1. The highest BCUT2D eigenvalue weighted by molar-refractivity contribution is 5.78. The number of halogens is 3. The third kappa shape index (κ3) is 3.25. The van der Waals surface area contributed by atoms with E-state index in [1.807, 2.05) is 0 Å². The van der Waals surface area contributed by atoms with Gasteiger partial charge in [-0.3, -0.25) is 9.59 Å². The highest BCUT2D eigenvalue weighted by Gasteiger charge is 2.31. The van der Waals surface area contributed by atoms with E-state index >= 15 is 0 Å². The van der Waals surface area contributed by atoms with Gasteiger partial charge >= 0.3 is 6.36 Å². The molecular formula is C13H8F3NO3. The van der Waals surface area contributed by atoms with Gasteiger partial charge in [0.2, 0.25) is 0 Å². The Balaban J connectivity index is 2.41. The topological polar surface area (TPSA) is 59.2 Å². The van der Waals surface area contributed by atoms with Gasteiger partial charge in [0.15, 0.2) is 6.29 Å². The molecule has 1 aromatic carbocycles. The Kier molecular flexibility index (Phi) is 3.60. The number of aldehydes is 1. The summed E-state index contributed by atoms with van der Waals surface area (Å²) in [5.74, 6) is -0.381. The molecule has 0 aliphatic rings. The molecule has 1 aromatic heterocycles. The zero-order valence-corrected chi connectivity index (χ0v) is 9.90. The molecule has 0 fully saturated rings. The number of carbonyl (C=O) groups is 1. The van der Waals surface area contributed by atoms with Gasteiger partial charge in [-0.15, -0.1) is 13.2 Å². The first-order chi connectivity index (χ1) is 9.39. The normalized spacial score (nSPS) is 11.2. The summed E-state index contributed by atoms with van der Waals surface area (Å²) in [6, 6.07) is 6.52. The van der Waals surface area contributed by atoms with Crippen molar-refractivity contribution in [2.75, 3.05) is 0 Å². The molecule has 0 amide bonds. The van der Waals surface area contributed by atoms with E-state index < -0.39 is 11.9 Å². The van der Waals surface area contributed by atoms with Crippen molar-refractivity contribution in [3.63, 3.8) is 0 Å². The van der Waals surface area contributed by atoms with Crippen LogP contribution in [0.1, 0.15) is 10.4 Å².